The zero-order chi connectivity index (χ0) is 12.7. The van der Waals surface area contributed by atoms with Crippen molar-refractivity contribution in [3.63, 3.8) is 0 Å². The molecule has 4 atom stereocenters. The molecule has 1 aromatic rings. The van der Waals surface area contributed by atoms with Crippen LogP contribution in [-0.4, -0.2) is 34.7 Å². The largest absolute Gasteiger partial charge is 0.386 e. The monoisotopic (exact) mass is 250 g/mol. The number of nitrogens with zero attached hydrogens (tertiary/aromatic N) is 2. The predicted molar refractivity (Wildman–Crippen MR) is 64.1 cm³/mol. The quantitative estimate of drug-likeness (QED) is 0.598. The van der Waals surface area contributed by atoms with Crippen molar-refractivity contribution < 1.29 is 9.66 Å². The van der Waals surface area contributed by atoms with Gasteiger partial charge in [0.1, 0.15) is 11.9 Å². The van der Waals surface area contributed by atoms with Gasteiger partial charge in [0, 0.05) is 18.6 Å². The Hall–Kier alpha value is -1.73. The highest BCUT2D eigenvalue weighted by molar-refractivity contribution is 5.58. The van der Waals surface area contributed by atoms with Crippen LogP contribution in [0.25, 0.3) is 0 Å². The molecule has 7 nitrogen and oxygen atoms in total. The van der Waals surface area contributed by atoms with Crippen LogP contribution in [0.1, 0.15) is 6.42 Å². The van der Waals surface area contributed by atoms with Crippen molar-refractivity contribution in [3.8, 4) is 0 Å². The number of anilines is 1. The number of fused-ring (bicyclic) bond motifs is 1. The van der Waals surface area contributed by atoms with Gasteiger partial charge in [-0.1, -0.05) is 0 Å². The molecule has 3 rings (SSSR count). The van der Waals surface area contributed by atoms with Crippen LogP contribution in [0.5, 0.6) is 0 Å². The molecular formula is C11H14N4O3. The topological polar surface area (TPSA) is 103 Å². The van der Waals surface area contributed by atoms with Gasteiger partial charge < -0.3 is 25.9 Å². The van der Waals surface area contributed by atoms with E-state index >= 15 is 0 Å². The van der Waals surface area contributed by atoms with E-state index in [1.807, 2.05) is 0 Å². The average molecular weight is 250 g/mol. The zero-order valence-electron chi connectivity index (χ0n) is 9.65. The molecule has 2 fully saturated rings. The van der Waals surface area contributed by atoms with Crippen molar-refractivity contribution in [2.75, 3.05) is 11.9 Å². The van der Waals surface area contributed by atoms with Gasteiger partial charge in [0.2, 0.25) is 0 Å². The van der Waals surface area contributed by atoms with Gasteiger partial charge in [-0.15, -0.1) is 0 Å². The third-order valence-corrected chi connectivity index (χ3v) is 3.73. The fourth-order valence-corrected chi connectivity index (χ4v) is 2.76. The van der Waals surface area contributed by atoms with Gasteiger partial charge in [-0.25, -0.2) is 0 Å². The number of nitrogens with one attached hydrogen (secondary N) is 1. The van der Waals surface area contributed by atoms with E-state index < -0.39 is 4.92 Å². The van der Waals surface area contributed by atoms with Crippen LogP contribution in [0.2, 0.25) is 0 Å². The van der Waals surface area contributed by atoms with Crippen LogP contribution in [0, 0.1) is 16.0 Å². The maximum absolute atomic E-state index is 10.9. The van der Waals surface area contributed by atoms with Crippen LogP contribution < -0.4 is 11.1 Å². The molecule has 2 aliphatic rings. The maximum atomic E-state index is 10.9. The number of hydrogen-bond acceptors (Lipinski definition) is 6. The molecule has 0 bridgehead atoms. The molecule has 1 saturated carbocycles. The molecule has 0 spiro atoms. The third-order valence-electron chi connectivity index (χ3n) is 3.73. The van der Waals surface area contributed by atoms with E-state index in [9.17, 15) is 10.1 Å². The van der Waals surface area contributed by atoms with Crippen molar-refractivity contribution in [3.05, 3.63) is 28.4 Å². The Morgan fingerprint density at radius 2 is 2.44 bits per heavy atom. The van der Waals surface area contributed by atoms with E-state index in [4.69, 9.17) is 10.5 Å². The van der Waals surface area contributed by atoms with E-state index in [0.717, 1.165) is 13.0 Å². The Morgan fingerprint density at radius 3 is 3.22 bits per heavy atom. The Kier molecular flexibility index (Phi) is 2.64. The molecule has 1 aliphatic carbocycles. The fourth-order valence-electron chi connectivity index (χ4n) is 2.76. The zero-order valence-corrected chi connectivity index (χ0v) is 9.65. The lowest BCUT2D eigenvalue weighted by atomic mass is 9.72. The molecule has 18 heavy (non-hydrogen) atoms. The minimum Gasteiger partial charge on any atom is -0.376 e. The van der Waals surface area contributed by atoms with Gasteiger partial charge in [0.15, 0.2) is 0 Å². The number of nitro groups is 1. The number of aromatic nitrogens is 1. The Bertz CT molecular complexity index is 481. The first-order valence-electron chi connectivity index (χ1n) is 5.91. The highest BCUT2D eigenvalue weighted by atomic mass is 16.6. The number of hydrogen-bond donors (Lipinski definition) is 2. The van der Waals surface area contributed by atoms with Crippen LogP contribution in [0.3, 0.4) is 0 Å². The van der Waals surface area contributed by atoms with Crippen LogP contribution in [0.4, 0.5) is 11.5 Å². The Balaban J connectivity index is 1.79. The summed E-state index contributed by atoms with van der Waals surface area (Å²) < 4.78 is 5.57. The van der Waals surface area contributed by atoms with Gasteiger partial charge in [-0.05, 0) is 28.5 Å². The summed E-state index contributed by atoms with van der Waals surface area (Å²) in [6, 6.07) is 3.21. The minimum absolute atomic E-state index is 0.0164. The summed E-state index contributed by atoms with van der Waals surface area (Å²) in [5.74, 6) is 0.198. The van der Waals surface area contributed by atoms with Gasteiger partial charge in [-0.3, -0.25) is 0 Å². The number of rotatable bonds is 3. The molecule has 1 saturated heterocycles. The molecule has 1 aromatic heterocycles. The van der Waals surface area contributed by atoms with Gasteiger partial charge in [0.05, 0.1) is 12.1 Å². The molecule has 0 radical (unpaired) electrons. The smallest absolute Gasteiger partial charge is 0.376 e. The van der Waals surface area contributed by atoms with E-state index in [2.05, 4.69) is 10.3 Å². The predicted octanol–water partition coefficient (Wildman–Crippen LogP) is 0.516. The lowest BCUT2D eigenvalue weighted by molar-refractivity contribution is -0.388. The Labute approximate surface area is 103 Å². The minimum atomic E-state index is -0.500. The summed E-state index contributed by atoms with van der Waals surface area (Å²) in [7, 11) is 0. The summed E-state index contributed by atoms with van der Waals surface area (Å²) in [4.78, 5) is 14.1. The van der Waals surface area contributed by atoms with E-state index in [0.29, 0.717) is 11.6 Å². The van der Waals surface area contributed by atoms with Crippen molar-refractivity contribution in [1.82, 2.24) is 4.98 Å². The molecule has 4 unspecified atom stereocenters. The average Bonchev–Trinajstić information content (AvgIpc) is 2.81. The van der Waals surface area contributed by atoms with Gasteiger partial charge in [-0.2, -0.15) is 0 Å². The normalized spacial score (nSPS) is 33.6. The van der Waals surface area contributed by atoms with Crippen molar-refractivity contribution in [1.29, 1.82) is 0 Å². The highest BCUT2D eigenvalue weighted by Crippen LogP contribution is 2.40. The second-order valence-electron chi connectivity index (χ2n) is 4.67. The number of pyridine rings is 1. The van der Waals surface area contributed by atoms with Crippen LogP contribution in [-0.2, 0) is 4.74 Å². The van der Waals surface area contributed by atoms with Crippen LogP contribution >= 0.6 is 0 Å². The van der Waals surface area contributed by atoms with Crippen molar-refractivity contribution in [2.24, 2.45) is 11.7 Å². The molecular weight excluding hydrogens is 236 g/mol. The molecule has 0 amide bonds. The van der Waals surface area contributed by atoms with Crippen molar-refractivity contribution >= 4 is 11.5 Å². The van der Waals surface area contributed by atoms with Gasteiger partial charge in [0.25, 0.3) is 0 Å². The van der Waals surface area contributed by atoms with E-state index in [1.54, 1.807) is 12.1 Å². The summed E-state index contributed by atoms with van der Waals surface area (Å²) >= 11 is 0. The summed E-state index contributed by atoms with van der Waals surface area (Å²) in [5.41, 5.74) is 6.45. The second kappa shape index (κ2) is 4.18. The standard InChI is InChI=1S/C11H14N4O3/c12-8-6-3-5-18-10(6)9(8)14-7-2-1-4-13-11(7)15(16)17/h1-2,4,6,8-10,14H,3,5,12H2. The third kappa shape index (κ3) is 1.63. The highest BCUT2D eigenvalue weighted by Gasteiger charge is 2.52. The molecule has 0 aromatic carbocycles. The molecule has 2 heterocycles. The lowest BCUT2D eigenvalue weighted by Gasteiger charge is -2.45. The summed E-state index contributed by atoms with van der Waals surface area (Å²) in [6.45, 7) is 0.719. The summed E-state index contributed by atoms with van der Waals surface area (Å²) in [6.07, 6.45) is 2.44. The SMILES string of the molecule is NC1C2CCOC2C1Nc1cccnc1[N+](=O)[O-]. The van der Waals surface area contributed by atoms with E-state index in [-0.39, 0.29) is 24.0 Å². The molecule has 7 heteroatoms. The summed E-state index contributed by atoms with van der Waals surface area (Å²) in [5, 5.41) is 14.0. The molecule has 1 aliphatic heterocycles. The van der Waals surface area contributed by atoms with E-state index in [1.165, 1.54) is 6.20 Å². The number of ether oxygens (including phenoxy) is 1. The first-order chi connectivity index (χ1) is 8.68. The van der Waals surface area contributed by atoms with Crippen molar-refractivity contribution in [2.45, 2.75) is 24.6 Å². The first kappa shape index (κ1) is 11.4. The van der Waals surface area contributed by atoms with Crippen LogP contribution in [0.15, 0.2) is 18.3 Å². The Morgan fingerprint density at radius 1 is 1.61 bits per heavy atom. The maximum Gasteiger partial charge on any atom is 0.386 e. The first-order valence-corrected chi connectivity index (χ1v) is 5.91. The second-order valence-corrected chi connectivity index (χ2v) is 4.67. The number of nitrogens with two attached hydrogens (primary N) is 1. The van der Waals surface area contributed by atoms with Gasteiger partial charge >= 0.3 is 5.82 Å². The molecule has 96 valence electrons. The lowest BCUT2D eigenvalue weighted by Crippen LogP contribution is -2.65. The fraction of sp³-hybridized carbons (Fsp3) is 0.545. The molecule has 3 N–H and O–H groups in total.